The Hall–Kier alpha value is -3.10. The van der Waals surface area contributed by atoms with Gasteiger partial charge in [0, 0.05) is 12.0 Å². The number of rotatable bonds is 6. The SMILES string of the molecule is CCc1noc(-c2nc(-c3cc(OC)c(OC)c(OC)c3)no2)n1. The van der Waals surface area contributed by atoms with Crippen molar-refractivity contribution in [1.29, 1.82) is 0 Å². The molecule has 9 nitrogen and oxygen atoms in total. The van der Waals surface area contributed by atoms with Crippen molar-refractivity contribution in [3.05, 3.63) is 18.0 Å². The largest absolute Gasteiger partial charge is 0.493 e. The van der Waals surface area contributed by atoms with Crippen LogP contribution in [0.15, 0.2) is 21.2 Å². The second kappa shape index (κ2) is 6.57. The molecule has 0 amide bonds. The van der Waals surface area contributed by atoms with Crippen molar-refractivity contribution in [2.75, 3.05) is 21.3 Å². The lowest BCUT2D eigenvalue weighted by Gasteiger charge is -2.12. The molecule has 24 heavy (non-hydrogen) atoms. The topological polar surface area (TPSA) is 106 Å². The fourth-order valence-corrected chi connectivity index (χ4v) is 2.12. The molecule has 0 saturated carbocycles. The maximum Gasteiger partial charge on any atom is 0.316 e. The van der Waals surface area contributed by atoms with Gasteiger partial charge in [-0.15, -0.1) is 0 Å². The summed E-state index contributed by atoms with van der Waals surface area (Å²) in [5, 5.41) is 7.74. The summed E-state index contributed by atoms with van der Waals surface area (Å²) >= 11 is 0. The molecule has 0 aliphatic carbocycles. The van der Waals surface area contributed by atoms with E-state index in [4.69, 9.17) is 23.3 Å². The summed E-state index contributed by atoms with van der Waals surface area (Å²) in [6.45, 7) is 1.92. The van der Waals surface area contributed by atoms with Crippen molar-refractivity contribution >= 4 is 0 Å². The molecule has 0 aliphatic rings. The maximum atomic E-state index is 5.32. The Balaban J connectivity index is 2.00. The molecule has 0 atom stereocenters. The highest BCUT2D eigenvalue weighted by molar-refractivity contribution is 5.67. The second-order valence-electron chi connectivity index (χ2n) is 4.71. The van der Waals surface area contributed by atoms with E-state index >= 15 is 0 Å². The highest BCUT2D eigenvalue weighted by atomic mass is 16.5. The first-order valence-electron chi connectivity index (χ1n) is 7.17. The van der Waals surface area contributed by atoms with Gasteiger partial charge in [0.05, 0.1) is 21.3 Å². The first-order chi connectivity index (χ1) is 11.7. The zero-order valence-electron chi connectivity index (χ0n) is 13.7. The van der Waals surface area contributed by atoms with Gasteiger partial charge < -0.3 is 23.3 Å². The van der Waals surface area contributed by atoms with Gasteiger partial charge in [-0.05, 0) is 12.1 Å². The van der Waals surface area contributed by atoms with Crippen LogP contribution in [0.25, 0.3) is 23.2 Å². The van der Waals surface area contributed by atoms with Crippen molar-refractivity contribution in [3.8, 4) is 40.4 Å². The molecule has 2 aromatic heterocycles. The van der Waals surface area contributed by atoms with Crippen molar-refractivity contribution < 1.29 is 23.3 Å². The number of benzene rings is 1. The number of hydrogen-bond acceptors (Lipinski definition) is 9. The van der Waals surface area contributed by atoms with Gasteiger partial charge in [-0.2, -0.15) is 9.97 Å². The van der Waals surface area contributed by atoms with E-state index in [1.165, 1.54) is 21.3 Å². The molecule has 126 valence electrons. The minimum atomic E-state index is 0.144. The Kier molecular flexibility index (Phi) is 4.32. The third-order valence-electron chi connectivity index (χ3n) is 3.32. The monoisotopic (exact) mass is 332 g/mol. The summed E-state index contributed by atoms with van der Waals surface area (Å²) in [4.78, 5) is 8.44. The van der Waals surface area contributed by atoms with Gasteiger partial charge in [0.25, 0.3) is 0 Å². The van der Waals surface area contributed by atoms with Gasteiger partial charge in [-0.1, -0.05) is 17.2 Å². The van der Waals surface area contributed by atoms with E-state index in [1.54, 1.807) is 12.1 Å². The van der Waals surface area contributed by atoms with E-state index in [0.717, 1.165) is 0 Å². The van der Waals surface area contributed by atoms with Gasteiger partial charge in [-0.25, -0.2) is 0 Å². The van der Waals surface area contributed by atoms with E-state index in [2.05, 4.69) is 20.3 Å². The first-order valence-corrected chi connectivity index (χ1v) is 7.17. The average molecular weight is 332 g/mol. The van der Waals surface area contributed by atoms with Crippen LogP contribution in [0, 0.1) is 0 Å². The Morgan fingerprint density at radius 1 is 0.875 bits per heavy atom. The Morgan fingerprint density at radius 2 is 1.50 bits per heavy atom. The normalized spacial score (nSPS) is 10.7. The molecule has 0 unspecified atom stereocenters. The van der Waals surface area contributed by atoms with Crippen LogP contribution in [-0.2, 0) is 6.42 Å². The molecule has 2 heterocycles. The molecular formula is C15H16N4O5. The molecular weight excluding hydrogens is 316 g/mol. The fourth-order valence-electron chi connectivity index (χ4n) is 2.12. The van der Waals surface area contributed by atoms with E-state index in [9.17, 15) is 0 Å². The van der Waals surface area contributed by atoms with Crippen LogP contribution in [-0.4, -0.2) is 41.6 Å². The van der Waals surface area contributed by atoms with Crippen molar-refractivity contribution in [3.63, 3.8) is 0 Å². The van der Waals surface area contributed by atoms with Crippen LogP contribution < -0.4 is 14.2 Å². The number of methoxy groups -OCH3 is 3. The Morgan fingerprint density at radius 3 is 2.04 bits per heavy atom. The third-order valence-corrected chi connectivity index (χ3v) is 3.32. The number of aryl methyl sites for hydroxylation is 1. The average Bonchev–Trinajstić information content (AvgIpc) is 3.29. The van der Waals surface area contributed by atoms with Crippen molar-refractivity contribution in [2.24, 2.45) is 0 Å². The molecule has 3 aromatic rings. The quantitative estimate of drug-likeness (QED) is 0.672. The summed E-state index contributed by atoms with van der Waals surface area (Å²) in [6.07, 6.45) is 0.650. The van der Waals surface area contributed by atoms with Crippen LogP contribution in [0.3, 0.4) is 0 Å². The molecule has 3 rings (SSSR count). The Bertz CT molecular complexity index is 817. The lowest BCUT2D eigenvalue weighted by atomic mass is 10.1. The lowest BCUT2D eigenvalue weighted by molar-refractivity contribution is 0.324. The summed E-state index contributed by atoms with van der Waals surface area (Å²) in [5.74, 6) is 2.69. The van der Waals surface area contributed by atoms with Crippen LogP contribution in [0.4, 0.5) is 0 Å². The van der Waals surface area contributed by atoms with Crippen LogP contribution >= 0.6 is 0 Å². The summed E-state index contributed by atoms with van der Waals surface area (Å²) in [7, 11) is 4.61. The van der Waals surface area contributed by atoms with Gasteiger partial charge in [0.15, 0.2) is 17.3 Å². The van der Waals surface area contributed by atoms with Gasteiger partial charge in [0.1, 0.15) is 0 Å². The van der Waals surface area contributed by atoms with Gasteiger partial charge in [-0.3, -0.25) is 0 Å². The fraction of sp³-hybridized carbons (Fsp3) is 0.333. The smallest absolute Gasteiger partial charge is 0.316 e. The van der Waals surface area contributed by atoms with E-state index < -0.39 is 0 Å². The van der Waals surface area contributed by atoms with E-state index in [0.29, 0.717) is 40.9 Å². The molecule has 0 bridgehead atoms. The van der Waals surface area contributed by atoms with Crippen LogP contribution in [0.2, 0.25) is 0 Å². The zero-order valence-corrected chi connectivity index (χ0v) is 13.7. The lowest BCUT2D eigenvalue weighted by Crippen LogP contribution is -1.96. The minimum Gasteiger partial charge on any atom is -0.493 e. The second-order valence-corrected chi connectivity index (χ2v) is 4.71. The zero-order chi connectivity index (χ0) is 17.1. The molecule has 0 aliphatic heterocycles. The van der Waals surface area contributed by atoms with Crippen LogP contribution in [0.1, 0.15) is 12.7 Å². The molecule has 9 heteroatoms. The van der Waals surface area contributed by atoms with Crippen LogP contribution in [0.5, 0.6) is 17.2 Å². The highest BCUT2D eigenvalue weighted by Crippen LogP contribution is 2.40. The van der Waals surface area contributed by atoms with E-state index in [1.807, 2.05) is 6.92 Å². The van der Waals surface area contributed by atoms with Gasteiger partial charge >= 0.3 is 11.8 Å². The Labute approximate surface area is 137 Å². The summed E-state index contributed by atoms with van der Waals surface area (Å²) < 4.78 is 26.2. The molecule has 0 fully saturated rings. The number of hydrogen-bond donors (Lipinski definition) is 0. The minimum absolute atomic E-state index is 0.144. The first kappa shape index (κ1) is 15.8. The molecule has 1 aromatic carbocycles. The standard InChI is InChI=1S/C15H16N4O5/c1-5-11-16-14(23-18-11)15-17-13(19-24-15)8-6-9(20-2)12(22-4)10(7-8)21-3/h6-7H,5H2,1-4H3. The molecule has 0 saturated heterocycles. The van der Waals surface area contributed by atoms with Gasteiger partial charge in [0.2, 0.25) is 11.6 Å². The van der Waals surface area contributed by atoms with E-state index in [-0.39, 0.29) is 11.8 Å². The third kappa shape index (κ3) is 2.75. The predicted molar refractivity (Wildman–Crippen MR) is 82.1 cm³/mol. The predicted octanol–water partition coefficient (Wildman–Crippen LogP) is 2.37. The maximum absolute atomic E-state index is 5.32. The molecule has 0 N–H and O–H groups in total. The number of nitrogens with zero attached hydrogens (tertiary/aromatic N) is 4. The van der Waals surface area contributed by atoms with Crippen molar-refractivity contribution in [2.45, 2.75) is 13.3 Å². The molecule has 0 spiro atoms. The van der Waals surface area contributed by atoms with Crippen molar-refractivity contribution in [1.82, 2.24) is 20.3 Å². The highest BCUT2D eigenvalue weighted by Gasteiger charge is 2.20. The summed E-state index contributed by atoms with van der Waals surface area (Å²) in [6, 6.07) is 3.45. The summed E-state index contributed by atoms with van der Waals surface area (Å²) in [5.41, 5.74) is 0.634. The number of aromatic nitrogens is 4. The number of ether oxygens (including phenoxy) is 3. The molecule has 0 radical (unpaired) electrons.